The molecule has 0 unspecified atom stereocenters. The van der Waals surface area contributed by atoms with Crippen LogP contribution < -0.4 is 5.56 Å². The second kappa shape index (κ2) is 3.81. The van der Waals surface area contributed by atoms with Crippen LogP contribution in [0, 0.1) is 0 Å². The van der Waals surface area contributed by atoms with E-state index >= 15 is 0 Å². The molecule has 0 fully saturated rings. The van der Waals surface area contributed by atoms with Crippen molar-refractivity contribution in [1.29, 1.82) is 0 Å². The van der Waals surface area contributed by atoms with Gasteiger partial charge in [0.1, 0.15) is 0 Å². The number of rotatable bonds is 2. The molecule has 0 saturated heterocycles. The number of benzene rings is 1. The molecule has 1 heterocycles. The fraction of sp³-hybridized carbons (Fsp3) is 0.167. The quantitative estimate of drug-likeness (QED) is 0.821. The lowest BCUT2D eigenvalue weighted by Gasteiger charge is -2.06. The average molecular weight is 217 g/mol. The number of carboxylic acids is 1. The molecule has 0 radical (unpaired) electrons. The van der Waals surface area contributed by atoms with Crippen molar-refractivity contribution in [3.63, 3.8) is 0 Å². The number of aryl methyl sites for hydroxylation is 1. The summed E-state index contributed by atoms with van der Waals surface area (Å²) in [6, 6.07) is 9.04. The predicted octanol–water partition coefficient (Wildman–Crippen LogP) is 1.17. The summed E-state index contributed by atoms with van der Waals surface area (Å²) in [5.41, 5.74) is 0.872. The van der Waals surface area contributed by atoms with Gasteiger partial charge in [0, 0.05) is 12.6 Å². The predicted molar refractivity (Wildman–Crippen MR) is 60.5 cm³/mol. The minimum Gasteiger partial charge on any atom is -0.481 e. The minimum atomic E-state index is -0.993. The molecule has 0 amide bonds. The normalized spacial score (nSPS) is 10.6. The van der Waals surface area contributed by atoms with Gasteiger partial charge in [0.05, 0.1) is 11.9 Å². The molecule has 2 aromatic rings. The van der Waals surface area contributed by atoms with Crippen LogP contribution in [0.2, 0.25) is 0 Å². The number of hydrogen-bond donors (Lipinski definition) is 1. The third kappa shape index (κ3) is 1.69. The Hall–Kier alpha value is -2.10. The van der Waals surface area contributed by atoms with E-state index in [4.69, 9.17) is 5.11 Å². The van der Waals surface area contributed by atoms with E-state index in [-0.39, 0.29) is 12.0 Å². The van der Waals surface area contributed by atoms with Gasteiger partial charge >= 0.3 is 5.97 Å². The van der Waals surface area contributed by atoms with Gasteiger partial charge in [0.15, 0.2) is 0 Å². The fourth-order valence-corrected chi connectivity index (χ4v) is 1.78. The molecule has 1 N–H and O–H groups in total. The first-order valence-corrected chi connectivity index (χ1v) is 4.89. The lowest BCUT2D eigenvalue weighted by atomic mass is 10.1. The van der Waals surface area contributed by atoms with Crippen LogP contribution in [0.15, 0.2) is 35.1 Å². The molecular formula is C12H11NO3. The molecule has 0 aliphatic rings. The van der Waals surface area contributed by atoms with Crippen LogP contribution in [-0.4, -0.2) is 15.6 Å². The number of pyridine rings is 1. The topological polar surface area (TPSA) is 59.3 Å². The number of carboxylic acid groups (broad SMARTS) is 1. The lowest BCUT2D eigenvalue weighted by Crippen LogP contribution is -2.23. The molecule has 0 atom stereocenters. The second-order valence-corrected chi connectivity index (χ2v) is 3.66. The maximum atomic E-state index is 11.8. The summed E-state index contributed by atoms with van der Waals surface area (Å²) in [6.45, 7) is 0. The van der Waals surface area contributed by atoms with E-state index < -0.39 is 5.97 Å². The summed E-state index contributed by atoms with van der Waals surface area (Å²) < 4.78 is 1.48. The van der Waals surface area contributed by atoms with Crippen molar-refractivity contribution in [2.75, 3.05) is 0 Å². The average Bonchev–Trinajstić information content (AvgIpc) is 2.25. The highest BCUT2D eigenvalue weighted by Crippen LogP contribution is 2.12. The highest BCUT2D eigenvalue weighted by atomic mass is 16.4. The van der Waals surface area contributed by atoms with Crippen molar-refractivity contribution in [1.82, 2.24) is 4.57 Å². The summed E-state index contributed by atoms with van der Waals surface area (Å²) in [5, 5.41) is 9.58. The van der Waals surface area contributed by atoms with Crippen LogP contribution in [0.3, 0.4) is 0 Å². The third-order valence-electron chi connectivity index (χ3n) is 2.55. The standard InChI is InChI=1S/C12H11NO3/c1-13-10-5-3-2-4-8(10)6-9(12(13)16)7-11(14)15/h2-6H,7H2,1H3,(H,14,15). The Morgan fingerprint density at radius 3 is 2.75 bits per heavy atom. The number of hydrogen-bond acceptors (Lipinski definition) is 2. The Labute approximate surface area is 91.8 Å². The van der Waals surface area contributed by atoms with Crippen LogP contribution in [0.25, 0.3) is 10.9 Å². The number of nitrogens with zero attached hydrogens (tertiary/aromatic N) is 1. The van der Waals surface area contributed by atoms with E-state index in [1.165, 1.54) is 4.57 Å². The van der Waals surface area contributed by atoms with E-state index in [0.717, 1.165) is 10.9 Å². The highest BCUT2D eigenvalue weighted by Gasteiger charge is 2.09. The molecule has 4 nitrogen and oxygen atoms in total. The molecule has 2 rings (SSSR count). The maximum Gasteiger partial charge on any atom is 0.308 e. The maximum absolute atomic E-state index is 11.8. The van der Waals surface area contributed by atoms with Crippen LogP contribution >= 0.6 is 0 Å². The van der Waals surface area contributed by atoms with Gasteiger partial charge in [-0.1, -0.05) is 18.2 Å². The van der Waals surface area contributed by atoms with Gasteiger partial charge in [-0.25, -0.2) is 0 Å². The van der Waals surface area contributed by atoms with E-state index in [1.54, 1.807) is 13.1 Å². The van der Waals surface area contributed by atoms with Crippen LogP contribution in [0.1, 0.15) is 5.56 Å². The van der Waals surface area contributed by atoms with E-state index in [1.807, 2.05) is 24.3 Å². The molecule has 4 heteroatoms. The Bertz CT molecular complexity index is 613. The molecule has 1 aromatic carbocycles. The van der Waals surface area contributed by atoms with Gasteiger partial charge in [0.2, 0.25) is 0 Å². The van der Waals surface area contributed by atoms with Crippen LogP contribution in [0.5, 0.6) is 0 Å². The molecule has 0 aliphatic carbocycles. The summed E-state index contributed by atoms with van der Waals surface area (Å²) in [4.78, 5) is 22.4. The molecule has 0 spiro atoms. The first-order chi connectivity index (χ1) is 7.59. The summed E-state index contributed by atoms with van der Waals surface area (Å²) in [6.07, 6.45) is -0.239. The van der Waals surface area contributed by atoms with Crippen molar-refractivity contribution in [2.24, 2.45) is 7.05 Å². The zero-order valence-electron chi connectivity index (χ0n) is 8.80. The van der Waals surface area contributed by atoms with Crippen LogP contribution in [-0.2, 0) is 18.3 Å². The van der Waals surface area contributed by atoms with E-state index in [0.29, 0.717) is 5.56 Å². The third-order valence-corrected chi connectivity index (χ3v) is 2.55. The summed E-state index contributed by atoms with van der Waals surface area (Å²) >= 11 is 0. The van der Waals surface area contributed by atoms with Crippen LogP contribution in [0.4, 0.5) is 0 Å². The molecular weight excluding hydrogens is 206 g/mol. The number of fused-ring (bicyclic) bond motifs is 1. The van der Waals surface area contributed by atoms with Gasteiger partial charge in [-0.2, -0.15) is 0 Å². The number of aromatic nitrogens is 1. The largest absolute Gasteiger partial charge is 0.481 e. The van der Waals surface area contributed by atoms with Gasteiger partial charge in [0.25, 0.3) is 5.56 Å². The first-order valence-electron chi connectivity index (χ1n) is 4.89. The zero-order chi connectivity index (χ0) is 11.7. The molecule has 0 bridgehead atoms. The molecule has 1 aromatic heterocycles. The molecule has 16 heavy (non-hydrogen) atoms. The van der Waals surface area contributed by atoms with Crippen molar-refractivity contribution in [3.8, 4) is 0 Å². The lowest BCUT2D eigenvalue weighted by molar-refractivity contribution is -0.136. The molecule has 82 valence electrons. The van der Waals surface area contributed by atoms with Crippen molar-refractivity contribution >= 4 is 16.9 Å². The zero-order valence-corrected chi connectivity index (χ0v) is 8.80. The first kappa shape index (κ1) is 10.4. The van der Waals surface area contributed by atoms with E-state index in [2.05, 4.69) is 0 Å². The fourth-order valence-electron chi connectivity index (χ4n) is 1.78. The smallest absolute Gasteiger partial charge is 0.308 e. The minimum absolute atomic E-state index is 0.239. The number of para-hydroxylation sites is 1. The Kier molecular flexibility index (Phi) is 2.48. The van der Waals surface area contributed by atoms with Crippen molar-refractivity contribution in [2.45, 2.75) is 6.42 Å². The van der Waals surface area contributed by atoms with Gasteiger partial charge in [-0.05, 0) is 17.5 Å². The SMILES string of the molecule is Cn1c(=O)c(CC(=O)O)cc2ccccc21. The van der Waals surface area contributed by atoms with E-state index in [9.17, 15) is 9.59 Å². The van der Waals surface area contributed by atoms with Gasteiger partial charge in [-0.15, -0.1) is 0 Å². The van der Waals surface area contributed by atoms with Gasteiger partial charge < -0.3 is 9.67 Å². The Morgan fingerprint density at radius 2 is 2.06 bits per heavy atom. The number of aliphatic carboxylic acids is 1. The van der Waals surface area contributed by atoms with Crippen molar-refractivity contribution < 1.29 is 9.90 Å². The second-order valence-electron chi connectivity index (χ2n) is 3.66. The molecule has 0 saturated carbocycles. The van der Waals surface area contributed by atoms with Crippen molar-refractivity contribution in [3.05, 3.63) is 46.2 Å². The highest BCUT2D eigenvalue weighted by molar-refractivity contribution is 5.81. The Morgan fingerprint density at radius 1 is 1.38 bits per heavy atom. The Balaban J connectivity index is 2.74. The number of carbonyl (C=O) groups is 1. The summed E-state index contributed by atoms with van der Waals surface area (Å²) in [7, 11) is 1.65. The molecule has 0 aliphatic heterocycles. The summed E-state index contributed by atoms with van der Waals surface area (Å²) in [5.74, 6) is -0.993. The van der Waals surface area contributed by atoms with Gasteiger partial charge in [-0.3, -0.25) is 9.59 Å². The monoisotopic (exact) mass is 217 g/mol.